The molecule has 0 radical (unpaired) electrons. The molecule has 10 atom stereocenters. The summed E-state index contributed by atoms with van der Waals surface area (Å²) in [5.74, 6) is 1.82. The number of carbonyl (C=O) groups excluding carboxylic acids is 1. The van der Waals surface area contributed by atoms with E-state index in [1.54, 1.807) is 0 Å². The third kappa shape index (κ3) is 8.27. The minimum absolute atomic E-state index is 0.0294. The number of ether oxygens (including phenoxy) is 3. The van der Waals surface area contributed by atoms with Crippen molar-refractivity contribution < 1.29 is 24.1 Å². The SMILES string of the molecule is CC1NCOC1COC1CCC2CN(C[C@@H](O)CNC(=O)C3CC(NC4COC4)NC(N4CCCCC4)N3)CCC2C1C. The molecule has 6 N–H and O–H groups in total. The molecule has 6 rings (SSSR count). The Bertz CT molecular complexity index is 893. The lowest BCUT2D eigenvalue weighted by Gasteiger charge is -2.47. The molecular formula is C31H57N7O5. The van der Waals surface area contributed by atoms with Crippen LogP contribution in [0.3, 0.4) is 0 Å². The molecule has 246 valence electrons. The number of aliphatic hydroxyl groups excluding tert-OH is 1. The molecule has 1 amide bonds. The second-order valence-corrected chi connectivity index (χ2v) is 14.1. The molecule has 5 saturated heterocycles. The lowest BCUT2D eigenvalue weighted by molar-refractivity contribution is -0.126. The van der Waals surface area contributed by atoms with Crippen LogP contribution in [0.4, 0.5) is 0 Å². The van der Waals surface area contributed by atoms with E-state index in [2.05, 4.69) is 50.2 Å². The zero-order valence-electron chi connectivity index (χ0n) is 26.3. The van der Waals surface area contributed by atoms with Gasteiger partial charge in [-0.1, -0.05) is 13.3 Å². The molecule has 0 aromatic rings. The molecule has 43 heavy (non-hydrogen) atoms. The van der Waals surface area contributed by atoms with Gasteiger partial charge in [0.2, 0.25) is 5.91 Å². The van der Waals surface area contributed by atoms with E-state index in [1.165, 1.54) is 25.7 Å². The van der Waals surface area contributed by atoms with E-state index >= 15 is 0 Å². The minimum Gasteiger partial charge on any atom is -0.390 e. The fraction of sp³-hybridized carbons (Fsp3) is 0.968. The third-order valence-electron chi connectivity index (χ3n) is 11.0. The molecule has 5 heterocycles. The standard InChI is InChI=1S/C31H57N7O5/c1-20-25-8-11-37(14-22(25)6-7-27(20)42-18-28-21(2)33-19-43-28)15-24(39)13-32-30(40)26-12-29(34-23-16-41-17-23)36-31(35-26)38-9-4-3-5-10-38/h20-29,31,33-36,39H,3-19H2,1-2H3,(H,32,40)/t20?,21?,22?,24-,25?,26?,27?,28?,29?,31?/m0/s1. The summed E-state index contributed by atoms with van der Waals surface area (Å²) in [6, 6.07) is 0.374. The average molecular weight is 608 g/mol. The first-order chi connectivity index (χ1) is 20.9. The van der Waals surface area contributed by atoms with Crippen molar-refractivity contribution in [3.8, 4) is 0 Å². The molecular weight excluding hydrogens is 550 g/mol. The maximum absolute atomic E-state index is 13.3. The van der Waals surface area contributed by atoms with E-state index in [-0.39, 0.29) is 37.1 Å². The number of amides is 1. The van der Waals surface area contributed by atoms with E-state index in [1.807, 2.05) is 0 Å². The summed E-state index contributed by atoms with van der Waals surface area (Å²) in [5.41, 5.74) is 0. The summed E-state index contributed by atoms with van der Waals surface area (Å²) in [6.07, 6.45) is 7.59. The maximum Gasteiger partial charge on any atom is 0.237 e. The number of rotatable bonds is 11. The van der Waals surface area contributed by atoms with Gasteiger partial charge in [-0.2, -0.15) is 0 Å². The number of nitrogens with zero attached hydrogens (tertiary/aromatic N) is 2. The first kappa shape index (κ1) is 32.0. The highest BCUT2D eigenvalue weighted by molar-refractivity contribution is 5.82. The summed E-state index contributed by atoms with van der Waals surface area (Å²) < 4.78 is 17.5. The van der Waals surface area contributed by atoms with Gasteiger partial charge >= 0.3 is 0 Å². The van der Waals surface area contributed by atoms with Crippen molar-refractivity contribution in [1.29, 1.82) is 0 Å². The smallest absolute Gasteiger partial charge is 0.237 e. The Hall–Kier alpha value is -0.930. The van der Waals surface area contributed by atoms with Crippen molar-refractivity contribution >= 4 is 5.91 Å². The molecule has 12 nitrogen and oxygen atoms in total. The fourth-order valence-corrected chi connectivity index (χ4v) is 8.22. The number of carbonyl (C=O) groups is 1. The van der Waals surface area contributed by atoms with Gasteiger partial charge in [0.15, 0.2) is 0 Å². The predicted octanol–water partition coefficient (Wildman–Crippen LogP) is -0.413. The normalized spacial score (nSPS) is 40.5. The number of piperidine rings is 2. The van der Waals surface area contributed by atoms with E-state index in [4.69, 9.17) is 14.2 Å². The van der Waals surface area contributed by atoms with E-state index in [9.17, 15) is 9.90 Å². The molecule has 5 aliphatic heterocycles. The van der Waals surface area contributed by atoms with E-state index in [0.717, 1.165) is 52.2 Å². The van der Waals surface area contributed by atoms with Gasteiger partial charge < -0.3 is 29.5 Å². The molecule has 9 unspecified atom stereocenters. The lowest BCUT2D eigenvalue weighted by Crippen LogP contribution is -2.72. The van der Waals surface area contributed by atoms with Crippen LogP contribution in [0.15, 0.2) is 0 Å². The second-order valence-electron chi connectivity index (χ2n) is 14.1. The highest BCUT2D eigenvalue weighted by Gasteiger charge is 2.41. The molecule has 0 aromatic carbocycles. The van der Waals surface area contributed by atoms with Crippen LogP contribution in [0.1, 0.15) is 58.8 Å². The topological polar surface area (TPSA) is 132 Å². The van der Waals surface area contributed by atoms with Crippen molar-refractivity contribution in [3.63, 3.8) is 0 Å². The van der Waals surface area contributed by atoms with Crippen molar-refractivity contribution in [2.45, 2.75) is 108 Å². The number of hydrogen-bond acceptors (Lipinski definition) is 11. The molecule has 6 fully saturated rings. The van der Waals surface area contributed by atoms with Gasteiger partial charge in [-0.15, -0.1) is 0 Å². The molecule has 1 aliphatic carbocycles. The predicted molar refractivity (Wildman–Crippen MR) is 163 cm³/mol. The zero-order valence-corrected chi connectivity index (χ0v) is 26.3. The van der Waals surface area contributed by atoms with Gasteiger partial charge in [0.1, 0.15) is 6.29 Å². The van der Waals surface area contributed by atoms with Crippen LogP contribution in [-0.2, 0) is 19.0 Å². The van der Waals surface area contributed by atoms with Gasteiger partial charge in [-0.25, -0.2) is 0 Å². The van der Waals surface area contributed by atoms with Crippen LogP contribution in [0.5, 0.6) is 0 Å². The van der Waals surface area contributed by atoms with Gasteiger partial charge in [-0.05, 0) is 63.3 Å². The number of nitrogens with one attached hydrogen (secondary N) is 5. The first-order valence-electron chi connectivity index (χ1n) is 17.2. The van der Waals surface area contributed by atoms with Crippen LogP contribution in [-0.4, -0.2) is 136 Å². The van der Waals surface area contributed by atoms with Crippen LogP contribution in [0, 0.1) is 17.8 Å². The van der Waals surface area contributed by atoms with Crippen LogP contribution in [0.2, 0.25) is 0 Å². The monoisotopic (exact) mass is 607 g/mol. The van der Waals surface area contributed by atoms with Gasteiger partial charge in [0, 0.05) is 45.2 Å². The Morgan fingerprint density at radius 1 is 1.09 bits per heavy atom. The van der Waals surface area contributed by atoms with Crippen LogP contribution in [0.25, 0.3) is 0 Å². The number of aliphatic hydroxyl groups is 1. The van der Waals surface area contributed by atoms with Crippen molar-refractivity contribution in [1.82, 2.24) is 36.4 Å². The number of fused-ring (bicyclic) bond motifs is 1. The molecule has 0 spiro atoms. The summed E-state index contributed by atoms with van der Waals surface area (Å²) in [6.45, 7) is 12.2. The fourth-order valence-electron chi connectivity index (χ4n) is 8.22. The lowest BCUT2D eigenvalue weighted by atomic mass is 9.68. The molecule has 12 heteroatoms. The van der Waals surface area contributed by atoms with Gasteiger partial charge in [-0.3, -0.25) is 31.0 Å². The summed E-state index contributed by atoms with van der Waals surface area (Å²) in [4.78, 5) is 18.1. The van der Waals surface area contributed by atoms with Crippen molar-refractivity contribution in [2.24, 2.45) is 17.8 Å². The Morgan fingerprint density at radius 2 is 1.93 bits per heavy atom. The molecule has 1 saturated carbocycles. The van der Waals surface area contributed by atoms with Crippen molar-refractivity contribution in [2.75, 3.05) is 65.8 Å². The molecule has 0 aromatic heterocycles. The Labute approximate surface area is 257 Å². The number of hydrogen-bond donors (Lipinski definition) is 6. The number of β-amino-alcohol motifs (C(OH)–C–C–N with tert-alkyl or cyclic N) is 1. The van der Waals surface area contributed by atoms with Crippen molar-refractivity contribution in [3.05, 3.63) is 0 Å². The van der Waals surface area contributed by atoms with E-state index in [0.29, 0.717) is 62.2 Å². The highest BCUT2D eigenvalue weighted by Crippen LogP contribution is 2.41. The van der Waals surface area contributed by atoms with Crippen LogP contribution >= 0.6 is 0 Å². The van der Waals surface area contributed by atoms with Crippen LogP contribution < -0.4 is 26.6 Å². The largest absolute Gasteiger partial charge is 0.390 e. The van der Waals surface area contributed by atoms with Gasteiger partial charge in [0.25, 0.3) is 0 Å². The summed E-state index contributed by atoms with van der Waals surface area (Å²) >= 11 is 0. The molecule has 0 bridgehead atoms. The average Bonchev–Trinajstić information content (AvgIpc) is 3.42. The first-order valence-corrected chi connectivity index (χ1v) is 17.2. The minimum atomic E-state index is -0.583. The second kappa shape index (κ2) is 15.1. The summed E-state index contributed by atoms with van der Waals surface area (Å²) in [5, 5.41) is 28.2. The van der Waals surface area contributed by atoms with E-state index < -0.39 is 6.10 Å². The quantitative estimate of drug-likeness (QED) is 0.183. The highest BCUT2D eigenvalue weighted by atomic mass is 16.6. The zero-order chi connectivity index (χ0) is 29.8. The van der Waals surface area contributed by atoms with Gasteiger partial charge in [0.05, 0.1) is 63.1 Å². The molecule has 6 aliphatic rings. The Kier molecular flexibility index (Phi) is 11.3. The maximum atomic E-state index is 13.3. The number of likely N-dealkylation sites (tertiary alicyclic amines) is 2. The summed E-state index contributed by atoms with van der Waals surface area (Å²) in [7, 11) is 0. The Balaban J connectivity index is 0.929. The third-order valence-corrected chi connectivity index (χ3v) is 11.0. The Morgan fingerprint density at radius 3 is 2.67 bits per heavy atom.